The summed E-state index contributed by atoms with van der Waals surface area (Å²) in [6, 6.07) is 31.0. The van der Waals surface area contributed by atoms with Gasteiger partial charge in [-0.1, -0.05) is 78.9 Å². The van der Waals surface area contributed by atoms with Crippen molar-refractivity contribution >= 4 is 10.8 Å². The number of aryl methyl sites for hydroxylation is 2. The second-order valence-electron chi connectivity index (χ2n) is 9.44. The third kappa shape index (κ3) is 4.54. The molecular weight excluding hydrogens is 402 g/mol. The van der Waals surface area contributed by atoms with Gasteiger partial charge in [-0.3, -0.25) is 0 Å². The first-order chi connectivity index (χ1) is 16.1. The van der Waals surface area contributed by atoms with Crippen LogP contribution in [0.1, 0.15) is 59.5 Å². The van der Waals surface area contributed by atoms with Crippen LogP contribution >= 0.6 is 0 Å². The van der Waals surface area contributed by atoms with Gasteiger partial charge in [-0.25, -0.2) is 0 Å². The Bertz CT molecular complexity index is 1260. The summed E-state index contributed by atoms with van der Waals surface area (Å²) in [4.78, 5) is 0. The number of rotatable bonds is 6. The van der Waals surface area contributed by atoms with Crippen molar-refractivity contribution in [3.8, 4) is 5.75 Å². The van der Waals surface area contributed by atoms with Crippen molar-refractivity contribution in [2.75, 3.05) is 6.54 Å². The summed E-state index contributed by atoms with van der Waals surface area (Å²) in [5, 5.41) is 6.38. The molecule has 3 atom stereocenters. The van der Waals surface area contributed by atoms with E-state index in [1.54, 1.807) is 0 Å². The molecule has 4 aromatic carbocycles. The molecule has 0 fully saturated rings. The van der Waals surface area contributed by atoms with Crippen LogP contribution in [-0.4, -0.2) is 12.6 Å². The standard InChI is InChI=1S/C31H33NO/c1-21-15-16-25(19-22(21)2)30-20-26(33-31-14-7-6-12-29(30)31)17-18-32-23(3)27-13-8-10-24-9-4-5-11-28(24)27/h4-16,19,23,26,30,32H,17-18,20H2,1-3H3. The van der Waals surface area contributed by atoms with Crippen molar-refractivity contribution in [2.45, 2.75) is 51.7 Å². The van der Waals surface area contributed by atoms with E-state index in [-0.39, 0.29) is 6.10 Å². The molecule has 0 saturated heterocycles. The van der Waals surface area contributed by atoms with Gasteiger partial charge in [0.25, 0.3) is 0 Å². The topological polar surface area (TPSA) is 21.3 Å². The third-order valence-electron chi connectivity index (χ3n) is 7.23. The van der Waals surface area contributed by atoms with E-state index in [2.05, 4.69) is 111 Å². The molecule has 0 aromatic heterocycles. The highest BCUT2D eigenvalue weighted by Gasteiger charge is 2.29. The van der Waals surface area contributed by atoms with E-state index in [4.69, 9.17) is 4.74 Å². The molecule has 1 heterocycles. The lowest BCUT2D eigenvalue weighted by Gasteiger charge is -2.33. The molecule has 168 valence electrons. The van der Waals surface area contributed by atoms with E-state index in [1.165, 1.54) is 38.6 Å². The molecule has 0 aliphatic carbocycles. The van der Waals surface area contributed by atoms with Crippen molar-refractivity contribution < 1.29 is 4.74 Å². The van der Waals surface area contributed by atoms with Gasteiger partial charge in [0.1, 0.15) is 11.9 Å². The maximum absolute atomic E-state index is 6.46. The molecule has 0 spiro atoms. The van der Waals surface area contributed by atoms with E-state index < -0.39 is 0 Å². The molecule has 4 aromatic rings. The van der Waals surface area contributed by atoms with Crippen LogP contribution in [0.3, 0.4) is 0 Å². The molecule has 1 N–H and O–H groups in total. The summed E-state index contributed by atoms with van der Waals surface area (Å²) in [5.41, 5.74) is 6.78. The van der Waals surface area contributed by atoms with Crippen LogP contribution in [0.15, 0.2) is 84.9 Å². The molecule has 1 aliphatic heterocycles. The van der Waals surface area contributed by atoms with E-state index >= 15 is 0 Å². The average Bonchev–Trinajstić information content (AvgIpc) is 2.85. The van der Waals surface area contributed by atoms with Crippen LogP contribution in [0.25, 0.3) is 10.8 Å². The molecule has 0 saturated carbocycles. The van der Waals surface area contributed by atoms with Gasteiger partial charge in [-0.05, 0) is 79.3 Å². The van der Waals surface area contributed by atoms with E-state index in [0.29, 0.717) is 12.0 Å². The lowest BCUT2D eigenvalue weighted by Crippen LogP contribution is -2.31. The van der Waals surface area contributed by atoms with Crippen molar-refractivity contribution in [1.82, 2.24) is 5.32 Å². The summed E-state index contributed by atoms with van der Waals surface area (Å²) in [6.07, 6.45) is 2.22. The number of benzene rings is 4. The Morgan fingerprint density at radius 2 is 1.67 bits per heavy atom. The van der Waals surface area contributed by atoms with Gasteiger partial charge in [-0.2, -0.15) is 0 Å². The number of ether oxygens (including phenoxy) is 1. The smallest absolute Gasteiger partial charge is 0.123 e. The quantitative estimate of drug-likeness (QED) is 0.339. The summed E-state index contributed by atoms with van der Waals surface area (Å²) >= 11 is 0. The van der Waals surface area contributed by atoms with E-state index in [1.807, 2.05) is 0 Å². The summed E-state index contributed by atoms with van der Waals surface area (Å²) < 4.78 is 6.46. The Labute approximate surface area is 197 Å². The van der Waals surface area contributed by atoms with Crippen LogP contribution < -0.4 is 10.1 Å². The number of hydrogen-bond acceptors (Lipinski definition) is 2. The Kier molecular flexibility index (Phi) is 6.20. The fraction of sp³-hybridized carbons (Fsp3) is 0.290. The maximum Gasteiger partial charge on any atom is 0.123 e. The molecule has 0 bridgehead atoms. The summed E-state index contributed by atoms with van der Waals surface area (Å²) in [6.45, 7) is 7.58. The predicted molar refractivity (Wildman–Crippen MR) is 138 cm³/mol. The fourth-order valence-electron chi connectivity index (χ4n) is 5.17. The first kappa shape index (κ1) is 21.7. The maximum atomic E-state index is 6.46. The Balaban J connectivity index is 1.29. The van der Waals surface area contributed by atoms with Crippen LogP contribution in [0.2, 0.25) is 0 Å². The zero-order valence-corrected chi connectivity index (χ0v) is 19.8. The molecular formula is C31H33NO. The fourth-order valence-corrected chi connectivity index (χ4v) is 5.17. The van der Waals surface area contributed by atoms with Crippen LogP contribution in [0.5, 0.6) is 5.75 Å². The zero-order valence-electron chi connectivity index (χ0n) is 19.8. The molecule has 5 rings (SSSR count). The SMILES string of the molecule is Cc1ccc(C2CC(CCNC(C)c3cccc4ccccc34)Oc3ccccc32)cc1C. The van der Waals surface area contributed by atoms with Gasteiger partial charge in [0.15, 0.2) is 0 Å². The first-order valence-electron chi connectivity index (χ1n) is 12.1. The van der Waals surface area contributed by atoms with Gasteiger partial charge in [0.05, 0.1) is 0 Å². The second kappa shape index (κ2) is 9.41. The second-order valence-corrected chi connectivity index (χ2v) is 9.44. The van der Waals surface area contributed by atoms with Gasteiger partial charge in [0.2, 0.25) is 0 Å². The number of nitrogens with one attached hydrogen (secondary N) is 1. The molecule has 3 unspecified atom stereocenters. The number of para-hydroxylation sites is 1. The summed E-state index contributed by atoms with van der Waals surface area (Å²) in [5.74, 6) is 1.42. The van der Waals surface area contributed by atoms with Crippen molar-refractivity contribution in [2.24, 2.45) is 0 Å². The molecule has 2 nitrogen and oxygen atoms in total. The third-order valence-corrected chi connectivity index (χ3v) is 7.23. The van der Waals surface area contributed by atoms with Crippen LogP contribution in [0, 0.1) is 13.8 Å². The molecule has 0 radical (unpaired) electrons. The van der Waals surface area contributed by atoms with Gasteiger partial charge in [-0.15, -0.1) is 0 Å². The molecule has 0 amide bonds. The minimum atomic E-state index is 0.207. The predicted octanol–water partition coefficient (Wildman–Crippen LogP) is 7.48. The molecule has 1 aliphatic rings. The zero-order chi connectivity index (χ0) is 22.8. The number of hydrogen-bond donors (Lipinski definition) is 1. The minimum absolute atomic E-state index is 0.207. The molecule has 33 heavy (non-hydrogen) atoms. The number of fused-ring (bicyclic) bond motifs is 2. The van der Waals surface area contributed by atoms with Gasteiger partial charge < -0.3 is 10.1 Å². The molecule has 2 heteroatoms. The van der Waals surface area contributed by atoms with Crippen LogP contribution in [0.4, 0.5) is 0 Å². The highest BCUT2D eigenvalue weighted by Crippen LogP contribution is 2.41. The normalized spacial score (nSPS) is 18.5. The monoisotopic (exact) mass is 435 g/mol. The highest BCUT2D eigenvalue weighted by atomic mass is 16.5. The summed E-state index contributed by atoms with van der Waals surface area (Å²) in [7, 11) is 0. The first-order valence-corrected chi connectivity index (χ1v) is 12.1. The van der Waals surface area contributed by atoms with E-state index in [0.717, 1.165) is 25.1 Å². The largest absolute Gasteiger partial charge is 0.490 e. The average molecular weight is 436 g/mol. The van der Waals surface area contributed by atoms with Gasteiger partial charge >= 0.3 is 0 Å². The lowest BCUT2D eigenvalue weighted by atomic mass is 9.82. The Morgan fingerprint density at radius 3 is 2.55 bits per heavy atom. The minimum Gasteiger partial charge on any atom is -0.490 e. The Hall–Kier alpha value is -3.10. The highest BCUT2D eigenvalue weighted by molar-refractivity contribution is 5.86. The van der Waals surface area contributed by atoms with Crippen LogP contribution in [-0.2, 0) is 0 Å². The van der Waals surface area contributed by atoms with Crippen molar-refractivity contribution in [1.29, 1.82) is 0 Å². The van der Waals surface area contributed by atoms with Crippen molar-refractivity contribution in [3.63, 3.8) is 0 Å². The van der Waals surface area contributed by atoms with Gasteiger partial charge in [0, 0.05) is 17.5 Å². The Morgan fingerprint density at radius 1 is 0.879 bits per heavy atom. The van der Waals surface area contributed by atoms with E-state index in [9.17, 15) is 0 Å². The lowest BCUT2D eigenvalue weighted by molar-refractivity contribution is 0.154. The van der Waals surface area contributed by atoms with Crippen molar-refractivity contribution in [3.05, 3.63) is 113 Å².